The zero-order valence-corrected chi connectivity index (χ0v) is 5.53. The SMILES string of the molecule is C=Cn1c(=O)ccn(F)c1=O. The molecule has 0 aliphatic rings. The molecule has 0 spiro atoms. The Morgan fingerprint density at radius 2 is 2.18 bits per heavy atom. The van der Waals surface area contributed by atoms with Crippen LogP contribution in [0, 0.1) is 0 Å². The van der Waals surface area contributed by atoms with Gasteiger partial charge in [-0.25, -0.2) is 9.36 Å². The Labute approximate surface area is 60.8 Å². The summed E-state index contributed by atoms with van der Waals surface area (Å²) in [7, 11) is 0. The van der Waals surface area contributed by atoms with Crippen LogP contribution in [0.25, 0.3) is 6.20 Å². The first-order valence-electron chi connectivity index (χ1n) is 2.79. The fourth-order valence-electron chi connectivity index (χ4n) is 0.639. The van der Waals surface area contributed by atoms with Gasteiger partial charge in [-0.1, -0.05) is 11.1 Å². The quantitative estimate of drug-likeness (QED) is 0.567. The molecule has 1 aromatic heterocycles. The van der Waals surface area contributed by atoms with Crippen molar-refractivity contribution in [2.75, 3.05) is 0 Å². The van der Waals surface area contributed by atoms with Crippen LogP contribution in [-0.4, -0.2) is 9.36 Å². The molecule has 5 heteroatoms. The minimum absolute atomic E-state index is 0.191. The van der Waals surface area contributed by atoms with Gasteiger partial charge in [-0.05, 0) is 0 Å². The molecule has 58 valence electrons. The average Bonchev–Trinajstić information content (AvgIpc) is 1.99. The highest BCUT2D eigenvalue weighted by atomic mass is 19.2. The maximum Gasteiger partial charge on any atom is 0.363 e. The smallest absolute Gasteiger partial charge is 0.269 e. The Morgan fingerprint density at radius 1 is 1.55 bits per heavy atom. The maximum absolute atomic E-state index is 12.3. The first-order chi connectivity index (χ1) is 5.16. The molecular weight excluding hydrogens is 151 g/mol. The molecule has 1 aromatic rings. The Balaban J connectivity index is 3.68. The van der Waals surface area contributed by atoms with E-state index < -0.39 is 11.2 Å². The average molecular weight is 156 g/mol. The molecule has 11 heavy (non-hydrogen) atoms. The molecule has 0 saturated heterocycles. The van der Waals surface area contributed by atoms with Gasteiger partial charge >= 0.3 is 5.69 Å². The van der Waals surface area contributed by atoms with Gasteiger partial charge < -0.3 is 0 Å². The summed E-state index contributed by atoms with van der Waals surface area (Å²) in [6.07, 6.45) is 1.71. The third-order valence-corrected chi connectivity index (χ3v) is 1.16. The summed E-state index contributed by atoms with van der Waals surface area (Å²) < 4.78 is 12.9. The predicted octanol–water partition coefficient (Wildman–Crippen LogP) is -0.157. The molecule has 1 rings (SSSR count). The molecule has 0 aliphatic heterocycles. The topological polar surface area (TPSA) is 44.0 Å². The van der Waals surface area contributed by atoms with Crippen molar-refractivity contribution in [1.82, 2.24) is 9.36 Å². The minimum Gasteiger partial charge on any atom is -0.269 e. The van der Waals surface area contributed by atoms with Crippen LogP contribution in [0.4, 0.5) is 4.48 Å². The molecule has 0 radical (unpaired) electrons. The standard InChI is InChI=1S/C6H5FN2O2/c1-2-8-5(10)3-4-9(7)6(8)11/h2-4H,1H2. The van der Waals surface area contributed by atoms with Gasteiger partial charge in [0.2, 0.25) is 0 Å². The van der Waals surface area contributed by atoms with Crippen LogP contribution in [0.2, 0.25) is 0 Å². The molecule has 0 aliphatic carbocycles. The number of halogens is 1. The van der Waals surface area contributed by atoms with Crippen molar-refractivity contribution in [1.29, 1.82) is 0 Å². The maximum atomic E-state index is 12.3. The number of nitrogens with zero attached hydrogens (tertiary/aromatic N) is 2. The number of aromatic nitrogens is 2. The highest BCUT2D eigenvalue weighted by Gasteiger charge is 1.98. The fraction of sp³-hybridized carbons (Fsp3) is 0. The molecule has 0 atom stereocenters. The Bertz CT molecular complexity index is 390. The first kappa shape index (κ1) is 7.46. The van der Waals surface area contributed by atoms with Crippen molar-refractivity contribution >= 4 is 6.20 Å². The summed E-state index contributed by atoms with van der Waals surface area (Å²) in [6.45, 7) is 3.18. The van der Waals surface area contributed by atoms with E-state index >= 15 is 0 Å². The van der Waals surface area contributed by atoms with Gasteiger partial charge in [0.15, 0.2) is 0 Å². The van der Waals surface area contributed by atoms with Crippen molar-refractivity contribution < 1.29 is 4.48 Å². The normalized spacial score (nSPS) is 9.55. The van der Waals surface area contributed by atoms with Gasteiger partial charge in [-0.15, -0.1) is 4.79 Å². The van der Waals surface area contributed by atoms with Gasteiger partial charge in [-0.3, -0.25) is 4.79 Å². The van der Waals surface area contributed by atoms with Gasteiger partial charge in [0.1, 0.15) is 0 Å². The highest BCUT2D eigenvalue weighted by molar-refractivity contribution is 5.14. The van der Waals surface area contributed by atoms with Gasteiger partial charge in [-0.2, -0.15) is 0 Å². The van der Waals surface area contributed by atoms with Crippen molar-refractivity contribution in [2.24, 2.45) is 0 Å². The lowest BCUT2D eigenvalue weighted by atomic mass is 10.6. The molecule has 0 saturated carbocycles. The van der Waals surface area contributed by atoms with E-state index in [-0.39, 0.29) is 4.79 Å². The van der Waals surface area contributed by atoms with E-state index in [0.29, 0.717) is 4.57 Å². The molecule has 0 amide bonds. The Morgan fingerprint density at radius 3 is 2.64 bits per heavy atom. The number of rotatable bonds is 1. The lowest BCUT2D eigenvalue weighted by molar-refractivity contribution is 0.338. The second-order valence-electron chi connectivity index (χ2n) is 1.80. The number of hydrogen-bond acceptors (Lipinski definition) is 2. The highest BCUT2D eigenvalue weighted by Crippen LogP contribution is 1.75. The summed E-state index contributed by atoms with van der Waals surface area (Å²) in [6, 6.07) is 0.934. The van der Waals surface area contributed by atoms with E-state index in [1.807, 2.05) is 0 Å². The summed E-state index contributed by atoms with van der Waals surface area (Å²) in [5, 5.41) is 0. The Kier molecular flexibility index (Phi) is 1.72. The summed E-state index contributed by atoms with van der Waals surface area (Å²) >= 11 is 0. The van der Waals surface area contributed by atoms with Gasteiger partial charge in [0, 0.05) is 18.5 Å². The van der Waals surface area contributed by atoms with Crippen LogP contribution in [0.15, 0.2) is 28.4 Å². The van der Waals surface area contributed by atoms with Gasteiger partial charge in [0.25, 0.3) is 5.56 Å². The van der Waals surface area contributed by atoms with Crippen LogP contribution >= 0.6 is 0 Å². The molecule has 0 N–H and O–H groups in total. The van der Waals surface area contributed by atoms with Crippen molar-refractivity contribution in [2.45, 2.75) is 0 Å². The molecule has 4 nitrogen and oxygen atoms in total. The second-order valence-corrected chi connectivity index (χ2v) is 1.80. The predicted molar refractivity (Wildman–Crippen MR) is 37.9 cm³/mol. The zero-order chi connectivity index (χ0) is 8.43. The van der Waals surface area contributed by atoms with E-state index in [1.165, 1.54) is 0 Å². The summed E-state index contributed by atoms with van der Waals surface area (Å²) in [5.41, 5.74) is -1.65. The molecule has 0 fully saturated rings. The monoisotopic (exact) mass is 156 g/mol. The van der Waals surface area contributed by atoms with E-state index in [1.54, 1.807) is 0 Å². The lowest BCUT2D eigenvalue weighted by Crippen LogP contribution is -2.33. The molecule has 0 unspecified atom stereocenters. The van der Waals surface area contributed by atoms with Crippen molar-refractivity contribution in [3.63, 3.8) is 0 Å². The summed E-state index contributed by atoms with van der Waals surface area (Å²) in [5.74, 6) is 0. The van der Waals surface area contributed by atoms with Crippen molar-refractivity contribution in [3.8, 4) is 0 Å². The van der Waals surface area contributed by atoms with Crippen molar-refractivity contribution in [3.05, 3.63) is 39.7 Å². The van der Waals surface area contributed by atoms with Crippen LogP contribution in [0.1, 0.15) is 0 Å². The molecule has 0 bridgehead atoms. The zero-order valence-electron chi connectivity index (χ0n) is 5.53. The van der Waals surface area contributed by atoms with Crippen LogP contribution < -0.4 is 11.2 Å². The molecule has 0 aromatic carbocycles. The minimum atomic E-state index is -1.05. The van der Waals surface area contributed by atoms with Crippen LogP contribution in [0.5, 0.6) is 0 Å². The first-order valence-corrected chi connectivity index (χ1v) is 2.79. The second kappa shape index (κ2) is 2.53. The Hall–Kier alpha value is -1.65. The molecular formula is C6H5FN2O2. The summed E-state index contributed by atoms with van der Waals surface area (Å²) in [4.78, 5) is 21.2. The van der Waals surface area contributed by atoms with Crippen LogP contribution in [-0.2, 0) is 0 Å². The number of hydrogen-bond donors (Lipinski definition) is 0. The van der Waals surface area contributed by atoms with Gasteiger partial charge in [0.05, 0.1) is 0 Å². The lowest BCUT2D eigenvalue weighted by Gasteiger charge is -1.94. The van der Waals surface area contributed by atoms with Crippen LogP contribution in [0.3, 0.4) is 0 Å². The third kappa shape index (κ3) is 1.12. The third-order valence-electron chi connectivity index (χ3n) is 1.16. The van der Waals surface area contributed by atoms with E-state index in [2.05, 4.69) is 6.58 Å². The molecule has 1 heterocycles. The van der Waals surface area contributed by atoms with E-state index in [9.17, 15) is 14.1 Å². The fourth-order valence-corrected chi connectivity index (χ4v) is 0.639. The van der Waals surface area contributed by atoms with E-state index in [4.69, 9.17) is 0 Å². The largest absolute Gasteiger partial charge is 0.363 e. The van der Waals surface area contributed by atoms with E-state index in [0.717, 1.165) is 18.5 Å².